The van der Waals surface area contributed by atoms with E-state index in [0.29, 0.717) is 17.5 Å². The molecule has 3 aromatic rings. The zero-order valence-corrected chi connectivity index (χ0v) is 16.6. The van der Waals surface area contributed by atoms with E-state index in [1.165, 1.54) is 0 Å². The van der Waals surface area contributed by atoms with Crippen LogP contribution in [0.25, 0.3) is 0 Å². The molecule has 1 aliphatic rings. The Morgan fingerprint density at radius 2 is 1.68 bits per heavy atom. The normalized spacial score (nSPS) is 14.0. The first-order chi connectivity index (χ1) is 12.9. The van der Waals surface area contributed by atoms with Gasteiger partial charge in [-0.3, -0.25) is 0 Å². The zero-order valence-electron chi connectivity index (χ0n) is 15.0. The van der Waals surface area contributed by atoms with Gasteiger partial charge >= 0.3 is 0 Å². The van der Waals surface area contributed by atoms with Crippen LogP contribution in [0, 0.1) is 6.92 Å². The Kier molecular flexibility index (Phi) is 5.44. The first-order valence-electron chi connectivity index (χ1n) is 8.37. The lowest BCUT2D eigenvalue weighted by Crippen LogP contribution is -2.01. The third kappa shape index (κ3) is 4.35. The second kappa shape index (κ2) is 7.65. The maximum atomic E-state index is 11.7. The zero-order chi connectivity index (χ0) is 19.0. The SMILES string of the molecule is Cc1ccc(Nc2ccnc(Nc3ccc4c(c3)CS(=O)(=O)C4)n2)cc1O.Cl. The molecule has 0 fully saturated rings. The predicted molar refractivity (Wildman–Crippen MR) is 111 cm³/mol. The Morgan fingerprint density at radius 3 is 2.46 bits per heavy atom. The number of fused-ring (bicyclic) bond motifs is 1. The van der Waals surface area contributed by atoms with Gasteiger partial charge < -0.3 is 15.7 Å². The van der Waals surface area contributed by atoms with E-state index in [-0.39, 0.29) is 29.7 Å². The minimum atomic E-state index is -3.03. The average molecular weight is 419 g/mol. The van der Waals surface area contributed by atoms with Crippen LogP contribution in [0.15, 0.2) is 48.7 Å². The number of anilines is 4. The molecule has 4 rings (SSSR count). The molecule has 1 aromatic heterocycles. The van der Waals surface area contributed by atoms with Crippen LogP contribution in [-0.2, 0) is 21.3 Å². The Hall–Kier alpha value is -2.84. The molecule has 146 valence electrons. The number of nitrogens with one attached hydrogen (secondary N) is 2. The number of sulfone groups is 1. The second-order valence-corrected chi connectivity index (χ2v) is 8.60. The van der Waals surface area contributed by atoms with Crippen LogP contribution >= 0.6 is 12.4 Å². The number of rotatable bonds is 4. The van der Waals surface area contributed by atoms with Gasteiger partial charge in [-0.05, 0) is 47.9 Å². The van der Waals surface area contributed by atoms with E-state index in [1.54, 1.807) is 18.3 Å². The van der Waals surface area contributed by atoms with Crippen molar-refractivity contribution in [3.05, 3.63) is 65.4 Å². The molecule has 0 aliphatic carbocycles. The van der Waals surface area contributed by atoms with E-state index in [2.05, 4.69) is 20.6 Å². The highest BCUT2D eigenvalue weighted by Gasteiger charge is 2.24. The number of phenolic OH excluding ortho intramolecular Hbond substituents is 1. The van der Waals surface area contributed by atoms with E-state index in [1.807, 2.05) is 37.3 Å². The van der Waals surface area contributed by atoms with Crippen molar-refractivity contribution in [2.75, 3.05) is 10.6 Å². The first kappa shape index (κ1) is 19.9. The molecule has 0 saturated carbocycles. The molecule has 9 heteroatoms. The van der Waals surface area contributed by atoms with Crippen LogP contribution in [0.2, 0.25) is 0 Å². The van der Waals surface area contributed by atoms with E-state index in [4.69, 9.17) is 0 Å². The summed E-state index contributed by atoms with van der Waals surface area (Å²) in [6, 6.07) is 12.5. The fourth-order valence-electron chi connectivity index (χ4n) is 2.96. The Balaban J connectivity index is 0.00000225. The summed E-state index contributed by atoms with van der Waals surface area (Å²) in [5.74, 6) is 1.33. The fraction of sp³-hybridized carbons (Fsp3) is 0.158. The molecule has 0 bridgehead atoms. The number of nitrogens with zero attached hydrogens (tertiary/aromatic N) is 2. The number of halogens is 1. The van der Waals surface area contributed by atoms with Gasteiger partial charge in [0.05, 0.1) is 11.5 Å². The topological polar surface area (TPSA) is 104 Å². The van der Waals surface area contributed by atoms with E-state index in [9.17, 15) is 13.5 Å². The van der Waals surface area contributed by atoms with Gasteiger partial charge in [0.25, 0.3) is 0 Å². The Labute approximate surface area is 169 Å². The number of aromatic nitrogens is 2. The van der Waals surface area contributed by atoms with E-state index >= 15 is 0 Å². The quantitative estimate of drug-likeness (QED) is 0.591. The van der Waals surface area contributed by atoms with Crippen molar-refractivity contribution < 1.29 is 13.5 Å². The number of hydrogen-bond donors (Lipinski definition) is 3. The minimum Gasteiger partial charge on any atom is -0.508 e. The van der Waals surface area contributed by atoms with Gasteiger partial charge in [0.2, 0.25) is 5.95 Å². The molecule has 28 heavy (non-hydrogen) atoms. The average Bonchev–Trinajstić information content (AvgIpc) is 2.92. The van der Waals surface area contributed by atoms with E-state index < -0.39 is 9.84 Å². The molecule has 0 amide bonds. The number of benzene rings is 2. The van der Waals surface area contributed by atoms with Crippen LogP contribution in [0.3, 0.4) is 0 Å². The van der Waals surface area contributed by atoms with Gasteiger partial charge in [-0.2, -0.15) is 4.98 Å². The van der Waals surface area contributed by atoms with E-state index in [0.717, 1.165) is 22.4 Å². The number of hydrogen-bond acceptors (Lipinski definition) is 7. The van der Waals surface area contributed by atoms with Gasteiger partial charge in [0.1, 0.15) is 11.6 Å². The summed E-state index contributed by atoms with van der Waals surface area (Å²) in [6.45, 7) is 1.83. The van der Waals surface area contributed by atoms with Crippen molar-refractivity contribution in [3.8, 4) is 5.75 Å². The van der Waals surface area contributed by atoms with Crippen molar-refractivity contribution in [2.45, 2.75) is 18.4 Å². The third-order valence-corrected chi connectivity index (χ3v) is 5.85. The number of aromatic hydroxyl groups is 1. The molecule has 0 radical (unpaired) electrons. The highest BCUT2D eigenvalue weighted by molar-refractivity contribution is 7.90. The molecule has 3 N–H and O–H groups in total. The largest absolute Gasteiger partial charge is 0.508 e. The molecule has 0 saturated heterocycles. The minimum absolute atomic E-state index is 0. The second-order valence-electron chi connectivity index (χ2n) is 6.53. The Bertz CT molecular complexity index is 1140. The Morgan fingerprint density at radius 1 is 0.964 bits per heavy atom. The van der Waals surface area contributed by atoms with Crippen molar-refractivity contribution in [1.29, 1.82) is 0 Å². The number of phenols is 1. The smallest absolute Gasteiger partial charge is 0.229 e. The highest BCUT2D eigenvalue weighted by atomic mass is 35.5. The molecule has 2 heterocycles. The first-order valence-corrected chi connectivity index (χ1v) is 10.2. The van der Waals surface area contributed by atoms with Crippen molar-refractivity contribution in [1.82, 2.24) is 9.97 Å². The summed E-state index contributed by atoms with van der Waals surface area (Å²) >= 11 is 0. The summed E-state index contributed by atoms with van der Waals surface area (Å²) in [6.07, 6.45) is 1.61. The lowest BCUT2D eigenvalue weighted by atomic mass is 10.1. The standard InChI is InChI=1S/C19H18N4O3S.ClH/c1-12-2-4-16(9-17(12)24)21-18-6-7-20-19(23-18)22-15-5-3-13-10-27(25,26)11-14(13)8-15;/h2-9,24H,10-11H2,1H3,(H2,20,21,22,23);1H. The van der Waals surface area contributed by atoms with Crippen molar-refractivity contribution >= 4 is 45.4 Å². The van der Waals surface area contributed by atoms with Crippen molar-refractivity contribution in [3.63, 3.8) is 0 Å². The van der Waals surface area contributed by atoms with Gasteiger partial charge in [-0.25, -0.2) is 13.4 Å². The van der Waals surface area contributed by atoms with Crippen LogP contribution in [0.1, 0.15) is 16.7 Å². The van der Waals surface area contributed by atoms with Crippen molar-refractivity contribution in [2.24, 2.45) is 0 Å². The van der Waals surface area contributed by atoms with Crippen LogP contribution < -0.4 is 10.6 Å². The van der Waals surface area contributed by atoms with Crippen LogP contribution in [0.5, 0.6) is 5.75 Å². The molecule has 0 unspecified atom stereocenters. The molecular formula is C19H19ClN4O3S. The summed E-state index contributed by atoms with van der Waals surface area (Å²) in [5, 5.41) is 16.0. The maximum Gasteiger partial charge on any atom is 0.229 e. The molecular weight excluding hydrogens is 400 g/mol. The molecule has 2 aromatic carbocycles. The maximum absolute atomic E-state index is 11.7. The van der Waals surface area contributed by atoms with Gasteiger partial charge in [-0.1, -0.05) is 12.1 Å². The fourth-order valence-corrected chi connectivity index (χ4v) is 4.56. The van der Waals surface area contributed by atoms with Crippen LogP contribution in [-0.4, -0.2) is 23.5 Å². The monoisotopic (exact) mass is 418 g/mol. The van der Waals surface area contributed by atoms with Crippen LogP contribution in [0.4, 0.5) is 23.1 Å². The molecule has 1 aliphatic heterocycles. The van der Waals surface area contributed by atoms with Gasteiger partial charge in [-0.15, -0.1) is 12.4 Å². The van der Waals surface area contributed by atoms with Gasteiger partial charge in [0, 0.05) is 23.6 Å². The molecule has 0 atom stereocenters. The third-order valence-electron chi connectivity index (χ3n) is 4.35. The lowest BCUT2D eigenvalue weighted by molar-refractivity contribution is 0.471. The predicted octanol–water partition coefficient (Wildman–Crippen LogP) is 3.83. The molecule has 0 spiro atoms. The summed E-state index contributed by atoms with van der Waals surface area (Å²) in [5.41, 5.74) is 3.89. The molecule has 7 nitrogen and oxygen atoms in total. The highest BCUT2D eigenvalue weighted by Crippen LogP contribution is 2.29. The lowest BCUT2D eigenvalue weighted by Gasteiger charge is -2.10. The summed E-state index contributed by atoms with van der Waals surface area (Å²) < 4.78 is 23.5. The van der Waals surface area contributed by atoms with Gasteiger partial charge in [0.15, 0.2) is 9.84 Å². The summed E-state index contributed by atoms with van der Waals surface area (Å²) in [4.78, 5) is 8.60. The summed E-state index contributed by atoms with van der Waals surface area (Å²) in [7, 11) is -3.03. The number of aryl methyl sites for hydroxylation is 1.